The fraction of sp³-hybridized carbons (Fsp3) is 0.413. The largest absolute Gasteiger partial charge is 0.502 e. The summed E-state index contributed by atoms with van der Waals surface area (Å²) in [6, 6.07) is 57.9. The lowest BCUT2D eigenvalue weighted by molar-refractivity contribution is 0.164. The van der Waals surface area contributed by atoms with E-state index < -0.39 is 0 Å². The van der Waals surface area contributed by atoms with E-state index in [1.165, 1.54) is 175 Å². The molecule has 6 aliphatic rings. The van der Waals surface area contributed by atoms with Crippen molar-refractivity contribution in [3.63, 3.8) is 0 Å². The molecule has 0 heterocycles. The van der Waals surface area contributed by atoms with E-state index in [1.54, 1.807) is 28.5 Å². The highest BCUT2D eigenvalue weighted by atomic mass is 16.5. The van der Waals surface area contributed by atoms with E-state index in [9.17, 15) is 0 Å². The average molecular weight is 1020 g/mol. The molecule has 77 heavy (non-hydrogen) atoms. The summed E-state index contributed by atoms with van der Waals surface area (Å²) in [5, 5.41) is 0. The van der Waals surface area contributed by atoms with Crippen molar-refractivity contribution < 1.29 is 9.47 Å². The summed E-state index contributed by atoms with van der Waals surface area (Å²) in [5.41, 5.74) is 25.1. The van der Waals surface area contributed by atoms with Crippen LogP contribution in [0.1, 0.15) is 171 Å². The van der Waals surface area contributed by atoms with E-state index >= 15 is 0 Å². The fourth-order valence-electron chi connectivity index (χ4n) is 18.4. The Morgan fingerprint density at radius 2 is 0.714 bits per heavy atom. The fourth-order valence-corrected chi connectivity index (χ4v) is 18.4. The van der Waals surface area contributed by atoms with Gasteiger partial charge in [0.2, 0.25) is 0 Å². The molecule has 6 aliphatic carbocycles. The average Bonchev–Trinajstić information content (AvgIpc) is 4.00. The van der Waals surface area contributed by atoms with Crippen LogP contribution in [-0.2, 0) is 15.6 Å². The third kappa shape index (κ3) is 7.45. The van der Waals surface area contributed by atoms with Gasteiger partial charge in [-0.05, 0) is 231 Å². The van der Waals surface area contributed by atoms with Crippen molar-refractivity contribution in [2.75, 3.05) is 13.2 Å². The molecule has 7 aromatic rings. The van der Waals surface area contributed by atoms with Crippen LogP contribution in [0, 0.1) is 28.6 Å². The molecule has 0 saturated heterocycles. The van der Waals surface area contributed by atoms with Crippen LogP contribution in [0.5, 0.6) is 5.75 Å². The van der Waals surface area contributed by atoms with Gasteiger partial charge in [-0.1, -0.05) is 188 Å². The Morgan fingerprint density at radius 1 is 0.390 bits per heavy atom. The number of unbranched alkanes of at least 4 members (excludes halogenated alkanes) is 7. The first kappa shape index (κ1) is 50.4. The highest BCUT2D eigenvalue weighted by molar-refractivity contribution is 5.91. The topological polar surface area (TPSA) is 18.5 Å². The number of aryl methyl sites for hydroxylation is 1. The molecular weight excluding hydrogens is 933 g/mol. The Bertz CT molecular complexity index is 3290. The van der Waals surface area contributed by atoms with Gasteiger partial charge in [-0.15, -0.1) is 0 Å². The van der Waals surface area contributed by atoms with Gasteiger partial charge >= 0.3 is 0 Å². The van der Waals surface area contributed by atoms with E-state index in [4.69, 9.17) is 9.47 Å². The van der Waals surface area contributed by atoms with Crippen molar-refractivity contribution in [2.24, 2.45) is 21.7 Å². The summed E-state index contributed by atoms with van der Waals surface area (Å²) in [7, 11) is 0. The van der Waals surface area contributed by atoms with Crippen molar-refractivity contribution in [3.8, 4) is 72.5 Å². The van der Waals surface area contributed by atoms with Crippen molar-refractivity contribution >= 4 is 0 Å². The maximum atomic E-state index is 6.18. The summed E-state index contributed by atoms with van der Waals surface area (Å²) in [4.78, 5) is 0. The summed E-state index contributed by atoms with van der Waals surface area (Å²) in [6.45, 7) is 17.8. The van der Waals surface area contributed by atoms with Gasteiger partial charge in [0, 0.05) is 10.8 Å². The Hall–Kier alpha value is -6.12. The lowest BCUT2D eigenvalue weighted by Crippen LogP contribution is -2.45. The second-order valence-electron chi connectivity index (χ2n) is 25.6. The smallest absolute Gasteiger partial charge is 0.119 e. The zero-order valence-electron chi connectivity index (χ0n) is 47.1. The summed E-state index contributed by atoms with van der Waals surface area (Å²) >= 11 is 0. The lowest BCUT2D eigenvalue weighted by atomic mass is 9.55. The van der Waals surface area contributed by atoms with Crippen LogP contribution in [0.15, 0.2) is 158 Å². The summed E-state index contributed by atoms with van der Waals surface area (Å²) in [6.07, 6.45) is 24.4. The Kier molecular flexibility index (Phi) is 12.7. The third-order valence-electron chi connectivity index (χ3n) is 22.3. The Balaban J connectivity index is 0.784. The van der Waals surface area contributed by atoms with Crippen LogP contribution in [-0.4, -0.2) is 13.2 Å². The minimum absolute atomic E-state index is 0.0147. The van der Waals surface area contributed by atoms with Crippen molar-refractivity contribution in [1.82, 2.24) is 0 Å². The van der Waals surface area contributed by atoms with Gasteiger partial charge in [-0.2, -0.15) is 0 Å². The minimum Gasteiger partial charge on any atom is -0.502 e. The number of benzene rings is 7. The van der Waals surface area contributed by atoms with Crippen molar-refractivity contribution in [2.45, 2.75) is 161 Å². The van der Waals surface area contributed by atoms with Crippen LogP contribution in [0.3, 0.4) is 0 Å². The highest BCUT2D eigenvalue weighted by Gasteiger charge is 2.74. The monoisotopic (exact) mass is 1010 g/mol. The minimum atomic E-state index is -0.0362. The summed E-state index contributed by atoms with van der Waals surface area (Å²) < 4.78 is 11.4. The first-order chi connectivity index (χ1) is 37.6. The maximum absolute atomic E-state index is 6.18. The maximum Gasteiger partial charge on any atom is 0.119 e. The van der Waals surface area contributed by atoms with Gasteiger partial charge in [-0.3, -0.25) is 0 Å². The van der Waals surface area contributed by atoms with Gasteiger partial charge in [0.15, 0.2) is 0 Å². The van der Waals surface area contributed by atoms with Gasteiger partial charge in [0.1, 0.15) is 5.75 Å². The molecule has 2 heteroatoms. The molecule has 0 aliphatic heterocycles. The first-order valence-electron chi connectivity index (χ1n) is 30.3. The predicted octanol–water partition coefficient (Wildman–Crippen LogP) is 20.8. The number of rotatable bonds is 19. The van der Waals surface area contributed by atoms with E-state index in [1.807, 2.05) is 0 Å². The molecule has 4 bridgehead atoms. The molecule has 4 fully saturated rings. The molecule has 0 atom stereocenters. The van der Waals surface area contributed by atoms with Gasteiger partial charge in [-0.25, -0.2) is 0 Å². The number of hydrogen-bond donors (Lipinski definition) is 0. The molecule has 0 unspecified atom stereocenters. The molecule has 7 aromatic carbocycles. The molecule has 2 nitrogen and oxygen atoms in total. The molecule has 2 spiro atoms. The van der Waals surface area contributed by atoms with Gasteiger partial charge in [0.05, 0.1) is 19.5 Å². The second-order valence-corrected chi connectivity index (χ2v) is 25.6. The number of hydrogen-bond acceptors (Lipinski definition) is 2. The van der Waals surface area contributed by atoms with Gasteiger partial charge in [0.25, 0.3) is 0 Å². The SMILES string of the molecule is C=COCCCCCCCCCCOc1ccc(-c2ccc(-c3ccc4c(c3)C3(c5cc(-c6ccc7c(c6)C6(c8cc(-c9ccc(C)cc9)ccc8-7)C7(CC)CCC6(CC)CC7)ccc5-4)C4(C)CCC3(C)CC4)cc2)cc1. The summed E-state index contributed by atoms with van der Waals surface area (Å²) in [5.74, 6) is 0.959. The second kappa shape index (κ2) is 19.4. The molecule has 13 rings (SSSR count). The van der Waals surface area contributed by atoms with E-state index in [0.717, 1.165) is 31.8 Å². The lowest BCUT2D eigenvalue weighted by Gasteiger charge is -2.47. The van der Waals surface area contributed by atoms with Crippen molar-refractivity contribution in [3.05, 3.63) is 186 Å². The van der Waals surface area contributed by atoms with Crippen LogP contribution >= 0.6 is 0 Å². The highest BCUT2D eigenvalue weighted by Crippen LogP contribution is 2.81. The number of ether oxygens (including phenoxy) is 2. The molecule has 394 valence electrons. The van der Waals surface area contributed by atoms with Gasteiger partial charge < -0.3 is 9.47 Å². The first-order valence-corrected chi connectivity index (χ1v) is 30.3. The van der Waals surface area contributed by atoms with Crippen LogP contribution in [0.25, 0.3) is 66.8 Å². The molecule has 0 radical (unpaired) electrons. The van der Waals surface area contributed by atoms with E-state index in [2.05, 4.69) is 187 Å². The molecular formula is C75H82O2. The van der Waals surface area contributed by atoms with Crippen LogP contribution in [0.2, 0.25) is 0 Å². The zero-order chi connectivity index (χ0) is 52.6. The number of fused-ring (bicyclic) bond motifs is 6. The van der Waals surface area contributed by atoms with E-state index in [0.29, 0.717) is 0 Å². The molecule has 4 saturated carbocycles. The molecule has 0 aromatic heterocycles. The van der Waals surface area contributed by atoms with E-state index in [-0.39, 0.29) is 32.5 Å². The van der Waals surface area contributed by atoms with Crippen LogP contribution in [0.4, 0.5) is 0 Å². The third-order valence-corrected chi connectivity index (χ3v) is 22.3. The van der Waals surface area contributed by atoms with Crippen molar-refractivity contribution in [1.29, 1.82) is 0 Å². The molecule has 0 N–H and O–H groups in total. The standard InChI is InChI=1S/C75H82O2/c1-7-72-42-44-73(8-2,45-43-72)75(72)68-49-58(55-20-18-52(4)19-21-55)29-35-64(68)65-37-31-60(51-69(65)75)59-30-36-63-62-34-28-57(48-66(62)74(67(63)50-59)70(5)38-40-71(74,6)41-39-70)56-24-22-53(23-25-56)54-26-32-61(33-27-54)77-47-17-15-13-11-10-12-14-16-46-76-9-3/h9,18-37,48-51H,3,7-8,10-17,38-47H2,1-2,4-6H3. The quantitative estimate of drug-likeness (QED) is 0.0594. The Morgan fingerprint density at radius 3 is 1.12 bits per heavy atom. The normalized spacial score (nSPS) is 26.6. The zero-order valence-corrected chi connectivity index (χ0v) is 47.1. The Labute approximate surface area is 461 Å². The molecule has 0 amide bonds. The van der Waals surface area contributed by atoms with Crippen LogP contribution < -0.4 is 4.74 Å². The predicted molar refractivity (Wildman–Crippen MR) is 323 cm³/mol.